The summed E-state index contributed by atoms with van der Waals surface area (Å²) < 4.78 is 0. The highest BCUT2D eigenvalue weighted by molar-refractivity contribution is 6.32. The number of hydrogen-bond acceptors (Lipinski definition) is 0. The molecular weight excluding hydrogens is 591 g/mol. The molecular formula is C48H29N. The minimum absolute atomic E-state index is 1.16. The summed E-state index contributed by atoms with van der Waals surface area (Å²) in [7, 11) is 0. The lowest BCUT2D eigenvalue weighted by Gasteiger charge is -2.18. The second kappa shape index (κ2) is 10.0. The van der Waals surface area contributed by atoms with Crippen molar-refractivity contribution in [3.05, 3.63) is 170 Å². The largest absolute Gasteiger partial charge is 0.354 e. The van der Waals surface area contributed by atoms with E-state index in [0.717, 1.165) is 5.52 Å². The number of nitrogens with one attached hydrogen (secondary N) is 1. The molecule has 0 fully saturated rings. The first-order valence-corrected chi connectivity index (χ1v) is 17.0. The van der Waals surface area contributed by atoms with Gasteiger partial charge in [0.25, 0.3) is 0 Å². The van der Waals surface area contributed by atoms with Gasteiger partial charge in [-0.2, -0.15) is 0 Å². The lowest BCUT2D eigenvalue weighted by atomic mass is 9.85. The summed E-state index contributed by atoms with van der Waals surface area (Å²) in [6.45, 7) is 0. The van der Waals surface area contributed by atoms with E-state index in [-0.39, 0.29) is 0 Å². The summed E-state index contributed by atoms with van der Waals surface area (Å²) in [6, 6.07) is 62.7. The zero-order valence-corrected chi connectivity index (χ0v) is 26.7. The molecule has 1 heterocycles. The van der Waals surface area contributed by atoms with Gasteiger partial charge in [-0.25, -0.2) is 0 Å². The molecule has 49 heavy (non-hydrogen) atoms. The number of hydrogen-bond donors (Lipinski definition) is 1. The van der Waals surface area contributed by atoms with Crippen LogP contribution in [0.1, 0.15) is 0 Å². The van der Waals surface area contributed by atoms with Gasteiger partial charge in [-0.3, -0.25) is 0 Å². The first-order chi connectivity index (χ1) is 24.3. The van der Waals surface area contributed by atoms with Gasteiger partial charge in [0.2, 0.25) is 0 Å². The molecule has 0 saturated heterocycles. The van der Waals surface area contributed by atoms with Gasteiger partial charge in [0.1, 0.15) is 0 Å². The average molecular weight is 620 g/mol. The smallest absolute Gasteiger partial charge is 0.0551 e. The molecule has 0 radical (unpaired) electrons. The molecule has 1 nitrogen and oxygen atoms in total. The first kappa shape index (κ1) is 26.6. The van der Waals surface area contributed by atoms with Gasteiger partial charge in [-0.15, -0.1) is 0 Å². The third-order valence-corrected chi connectivity index (χ3v) is 10.7. The lowest BCUT2D eigenvalue weighted by molar-refractivity contribution is 1.56. The van der Waals surface area contributed by atoms with E-state index in [0.29, 0.717) is 0 Å². The summed E-state index contributed by atoms with van der Waals surface area (Å²) in [4.78, 5) is 3.82. The van der Waals surface area contributed by atoms with Crippen LogP contribution in [0.4, 0.5) is 0 Å². The Morgan fingerprint density at radius 1 is 0.286 bits per heavy atom. The van der Waals surface area contributed by atoms with Crippen molar-refractivity contribution < 1.29 is 0 Å². The molecule has 10 aromatic carbocycles. The first-order valence-electron chi connectivity index (χ1n) is 17.0. The van der Waals surface area contributed by atoms with E-state index in [4.69, 9.17) is 0 Å². The van der Waals surface area contributed by atoms with Gasteiger partial charge in [0.05, 0.1) is 5.52 Å². The summed E-state index contributed by atoms with van der Waals surface area (Å²) in [5.74, 6) is 0. The fourth-order valence-corrected chi connectivity index (χ4v) is 8.61. The standard InChI is InChI=1S/C48H29N/c1-2-12-33-29(11-1)21-22-30-23-24-31(27-42(30)33)45-37-16-6-8-18-39(37)46(40-19-9-7-17-38(40)45)32-25-26-44-43(28-32)47-36-15-5-3-13-34(36)35-14-4-10-20-41(35)48(47)49-44/h1-28,49H. The molecule has 1 heteroatoms. The second-order valence-corrected chi connectivity index (χ2v) is 13.3. The molecule has 1 aromatic heterocycles. The molecule has 0 saturated carbocycles. The van der Waals surface area contributed by atoms with Crippen molar-refractivity contribution in [1.29, 1.82) is 0 Å². The van der Waals surface area contributed by atoms with Crippen molar-refractivity contribution in [2.45, 2.75) is 0 Å². The lowest BCUT2D eigenvalue weighted by Crippen LogP contribution is -1.91. The Balaban J connectivity index is 1.23. The number of aromatic nitrogens is 1. The van der Waals surface area contributed by atoms with E-state index < -0.39 is 0 Å². The number of fused-ring (bicyclic) bond motifs is 13. The van der Waals surface area contributed by atoms with Crippen molar-refractivity contribution in [2.75, 3.05) is 0 Å². The highest BCUT2D eigenvalue weighted by Crippen LogP contribution is 2.46. The zero-order valence-electron chi connectivity index (χ0n) is 26.7. The Bertz CT molecular complexity index is 3100. The molecule has 0 spiro atoms. The Morgan fingerprint density at radius 3 is 1.35 bits per heavy atom. The highest BCUT2D eigenvalue weighted by Gasteiger charge is 2.19. The fourth-order valence-electron chi connectivity index (χ4n) is 8.61. The van der Waals surface area contributed by atoms with Crippen LogP contribution >= 0.6 is 0 Å². The van der Waals surface area contributed by atoms with Crippen LogP contribution in [0, 0.1) is 0 Å². The van der Waals surface area contributed by atoms with Crippen LogP contribution in [-0.4, -0.2) is 4.98 Å². The Hall–Kier alpha value is -6.44. The molecule has 0 aliphatic carbocycles. The zero-order chi connectivity index (χ0) is 32.1. The SMILES string of the molecule is c1ccc2c(c1)ccc1ccc(-c3c4ccccc4c(-c4ccc5[nH]c6c7ccccc7c7ccccc7c6c5c4)c4ccccc34)cc12. The fraction of sp³-hybridized carbons (Fsp3) is 0. The molecule has 11 aromatic rings. The normalized spacial score (nSPS) is 12.1. The molecule has 0 aliphatic heterocycles. The predicted molar refractivity (Wildman–Crippen MR) is 212 cm³/mol. The van der Waals surface area contributed by atoms with Crippen LogP contribution in [0.2, 0.25) is 0 Å². The van der Waals surface area contributed by atoms with Crippen LogP contribution in [-0.2, 0) is 0 Å². The quantitative estimate of drug-likeness (QED) is 0.146. The molecule has 0 bridgehead atoms. The van der Waals surface area contributed by atoms with E-state index in [9.17, 15) is 0 Å². The maximum Gasteiger partial charge on any atom is 0.0551 e. The average Bonchev–Trinajstić information content (AvgIpc) is 3.56. The molecule has 11 rings (SSSR count). The molecule has 0 aliphatic rings. The number of rotatable bonds is 2. The van der Waals surface area contributed by atoms with E-state index in [1.807, 2.05) is 0 Å². The number of H-pyrrole nitrogens is 1. The van der Waals surface area contributed by atoms with Crippen LogP contribution < -0.4 is 0 Å². The predicted octanol–water partition coefficient (Wildman–Crippen LogP) is 13.6. The maximum absolute atomic E-state index is 3.82. The molecule has 1 N–H and O–H groups in total. The van der Waals surface area contributed by atoms with E-state index in [2.05, 4.69) is 175 Å². The number of benzene rings is 10. The van der Waals surface area contributed by atoms with Crippen LogP contribution in [0.25, 0.3) is 109 Å². The van der Waals surface area contributed by atoms with Crippen molar-refractivity contribution >= 4 is 86.4 Å². The van der Waals surface area contributed by atoms with Crippen molar-refractivity contribution in [3.8, 4) is 22.3 Å². The van der Waals surface area contributed by atoms with Crippen molar-refractivity contribution in [2.24, 2.45) is 0 Å². The minimum atomic E-state index is 1.16. The third kappa shape index (κ3) is 3.76. The summed E-state index contributed by atoms with van der Waals surface area (Å²) in [5, 5.41) is 17.9. The van der Waals surface area contributed by atoms with E-state index in [1.165, 1.54) is 103 Å². The van der Waals surface area contributed by atoms with Gasteiger partial charge >= 0.3 is 0 Å². The molecule has 0 unspecified atom stereocenters. The highest BCUT2D eigenvalue weighted by atomic mass is 14.7. The van der Waals surface area contributed by atoms with Gasteiger partial charge < -0.3 is 4.98 Å². The monoisotopic (exact) mass is 619 g/mol. The maximum atomic E-state index is 3.82. The van der Waals surface area contributed by atoms with Gasteiger partial charge in [-0.1, -0.05) is 152 Å². The van der Waals surface area contributed by atoms with E-state index >= 15 is 0 Å². The van der Waals surface area contributed by atoms with Gasteiger partial charge in [-0.05, 0) is 99.7 Å². The van der Waals surface area contributed by atoms with Crippen LogP contribution in [0.5, 0.6) is 0 Å². The number of aromatic amines is 1. The van der Waals surface area contributed by atoms with Crippen molar-refractivity contribution in [1.82, 2.24) is 4.98 Å². The molecule has 0 atom stereocenters. The molecule has 226 valence electrons. The summed E-state index contributed by atoms with van der Waals surface area (Å²) in [5.41, 5.74) is 7.41. The minimum Gasteiger partial charge on any atom is -0.354 e. The summed E-state index contributed by atoms with van der Waals surface area (Å²) >= 11 is 0. The van der Waals surface area contributed by atoms with Gasteiger partial charge in [0.15, 0.2) is 0 Å². The van der Waals surface area contributed by atoms with Crippen molar-refractivity contribution in [3.63, 3.8) is 0 Å². The third-order valence-electron chi connectivity index (χ3n) is 10.7. The second-order valence-electron chi connectivity index (χ2n) is 13.3. The topological polar surface area (TPSA) is 15.8 Å². The van der Waals surface area contributed by atoms with Gasteiger partial charge in [0, 0.05) is 21.7 Å². The van der Waals surface area contributed by atoms with Crippen LogP contribution in [0.3, 0.4) is 0 Å². The Morgan fingerprint density at radius 2 is 0.714 bits per heavy atom. The summed E-state index contributed by atoms with van der Waals surface area (Å²) in [6.07, 6.45) is 0. The van der Waals surface area contributed by atoms with Crippen LogP contribution in [0.15, 0.2) is 170 Å². The Labute approximate surface area is 282 Å². The molecule has 0 amide bonds. The Kier molecular flexibility index (Phi) is 5.45. The van der Waals surface area contributed by atoms with E-state index in [1.54, 1.807) is 0 Å².